The van der Waals surface area contributed by atoms with Gasteiger partial charge in [0.1, 0.15) is 6.04 Å². The summed E-state index contributed by atoms with van der Waals surface area (Å²) in [5, 5.41) is 10.9. The third kappa shape index (κ3) is 8.03. The molecular formula is C9H17NO5S2. The average Bonchev–Trinajstić information content (AvgIpc) is 2.15. The molecule has 0 spiro atoms. The highest BCUT2D eigenvalue weighted by Gasteiger charge is 2.25. The van der Waals surface area contributed by atoms with Crippen LogP contribution in [0.25, 0.3) is 0 Å². The minimum absolute atomic E-state index is 0.0583. The Morgan fingerprint density at radius 3 is 2.41 bits per heavy atom. The highest BCUT2D eigenvalue weighted by Crippen LogP contribution is 2.02. The molecule has 0 aliphatic rings. The van der Waals surface area contributed by atoms with Gasteiger partial charge >= 0.3 is 5.97 Å². The Morgan fingerprint density at radius 2 is 2.00 bits per heavy atom. The van der Waals surface area contributed by atoms with Crippen LogP contribution in [0.3, 0.4) is 0 Å². The van der Waals surface area contributed by atoms with Crippen LogP contribution in [0.15, 0.2) is 0 Å². The van der Waals surface area contributed by atoms with Crippen LogP contribution in [0.5, 0.6) is 0 Å². The lowest BCUT2D eigenvalue weighted by molar-refractivity contribution is -0.140. The Labute approximate surface area is 105 Å². The number of carboxylic acids is 1. The third-order valence-electron chi connectivity index (χ3n) is 1.90. The fourth-order valence-corrected chi connectivity index (χ4v) is 3.28. The lowest BCUT2D eigenvalue weighted by atomic mass is 10.3. The number of carbonyl (C=O) groups is 2. The van der Waals surface area contributed by atoms with Crippen molar-refractivity contribution >= 4 is 33.5 Å². The van der Waals surface area contributed by atoms with E-state index in [0.717, 1.165) is 6.92 Å². The monoisotopic (exact) mass is 283 g/mol. The van der Waals surface area contributed by atoms with Crippen LogP contribution in [0.1, 0.15) is 13.3 Å². The molecule has 0 aromatic carbocycles. The maximum absolute atomic E-state index is 11.6. The van der Waals surface area contributed by atoms with Crippen molar-refractivity contribution in [3.8, 4) is 0 Å². The lowest BCUT2D eigenvalue weighted by Crippen LogP contribution is -2.44. The van der Waals surface area contributed by atoms with Crippen LogP contribution in [-0.2, 0) is 19.4 Å². The van der Waals surface area contributed by atoms with Gasteiger partial charge in [-0.25, -0.2) is 13.2 Å². The molecule has 0 unspecified atom stereocenters. The normalized spacial score (nSPS) is 13.1. The van der Waals surface area contributed by atoms with Crippen LogP contribution >= 0.6 is 11.8 Å². The SMILES string of the molecule is CSCCCS(=O)(=O)C[C@H](NC(C)=O)C(=O)O. The Hall–Kier alpha value is -0.760. The quantitative estimate of drug-likeness (QED) is 0.595. The molecule has 0 aromatic heterocycles. The number of nitrogens with one attached hydrogen (secondary N) is 1. The summed E-state index contributed by atoms with van der Waals surface area (Å²) in [7, 11) is -3.45. The van der Waals surface area contributed by atoms with E-state index in [1.807, 2.05) is 6.26 Å². The first-order valence-electron chi connectivity index (χ1n) is 4.98. The Morgan fingerprint density at radius 1 is 1.41 bits per heavy atom. The van der Waals surface area contributed by atoms with Gasteiger partial charge in [-0.05, 0) is 18.4 Å². The smallest absolute Gasteiger partial charge is 0.327 e. The van der Waals surface area contributed by atoms with Gasteiger partial charge in [-0.1, -0.05) is 0 Å². The minimum atomic E-state index is -3.45. The third-order valence-corrected chi connectivity index (χ3v) is 4.35. The van der Waals surface area contributed by atoms with Gasteiger partial charge in [-0.15, -0.1) is 0 Å². The zero-order valence-corrected chi connectivity index (χ0v) is 11.4. The number of aliphatic carboxylic acids is 1. The molecule has 0 rings (SSSR count). The van der Waals surface area contributed by atoms with E-state index in [0.29, 0.717) is 12.2 Å². The summed E-state index contributed by atoms with van der Waals surface area (Å²) >= 11 is 1.53. The Bertz CT molecular complexity index is 366. The maximum atomic E-state index is 11.6. The van der Waals surface area contributed by atoms with Crippen molar-refractivity contribution < 1.29 is 23.1 Å². The molecule has 1 amide bonds. The molecule has 0 saturated carbocycles. The molecule has 0 aliphatic carbocycles. The van der Waals surface area contributed by atoms with Gasteiger partial charge in [0.2, 0.25) is 5.91 Å². The summed E-state index contributed by atoms with van der Waals surface area (Å²) in [6.45, 7) is 1.15. The van der Waals surface area contributed by atoms with Gasteiger partial charge in [-0.2, -0.15) is 11.8 Å². The van der Waals surface area contributed by atoms with Crippen LogP contribution in [0.4, 0.5) is 0 Å². The van der Waals surface area contributed by atoms with Crippen LogP contribution in [0.2, 0.25) is 0 Å². The van der Waals surface area contributed by atoms with E-state index < -0.39 is 33.5 Å². The van der Waals surface area contributed by atoms with Crippen molar-refractivity contribution in [1.29, 1.82) is 0 Å². The van der Waals surface area contributed by atoms with Gasteiger partial charge in [0, 0.05) is 6.92 Å². The second-order valence-electron chi connectivity index (χ2n) is 3.55. The van der Waals surface area contributed by atoms with Crippen LogP contribution in [-0.4, -0.2) is 55.0 Å². The zero-order valence-electron chi connectivity index (χ0n) is 9.80. The average molecular weight is 283 g/mol. The van der Waals surface area contributed by atoms with E-state index in [9.17, 15) is 18.0 Å². The van der Waals surface area contributed by atoms with E-state index in [4.69, 9.17) is 5.11 Å². The molecule has 0 fully saturated rings. The van der Waals surface area contributed by atoms with Crippen molar-refractivity contribution in [2.45, 2.75) is 19.4 Å². The fourth-order valence-electron chi connectivity index (χ4n) is 1.18. The highest BCUT2D eigenvalue weighted by molar-refractivity contribution is 7.98. The molecule has 0 aliphatic heterocycles. The summed E-state index contributed by atoms with van der Waals surface area (Å²) in [5.74, 6) is -1.81. The number of sulfone groups is 1. The second kappa shape index (κ2) is 7.54. The van der Waals surface area contributed by atoms with E-state index >= 15 is 0 Å². The predicted octanol–water partition coefficient (Wildman–Crippen LogP) is -0.256. The molecule has 0 bridgehead atoms. The lowest BCUT2D eigenvalue weighted by Gasteiger charge is -2.13. The summed E-state index contributed by atoms with van der Waals surface area (Å²) in [6.07, 6.45) is 2.35. The number of carbonyl (C=O) groups excluding carboxylic acids is 1. The van der Waals surface area contributed by atoms with Gasteiger partial charge in [0.25, 0.3) is 0 Å². The number of rotatable bonds is 8. The molecule has 6 nitrogen and oxygen atoms in total. The fraction of sp³-hybridized carbons (Fsp3) is 0.778. The van der Waals surface area contributed by atoms with Gasteiger partial charge in [-0.3, -0.25) is 4.79 Å². The minimum Gasteiger partial charge on any atom is -0.480 e. The molecule has 8 heteroatoms. The molecule has 0 radical (unpaired) electrons. The molecule has 0 saturated heterocycles. The topological polar surface area (TPSA) is 101 Å². The first-order chi connectivity index (χ1) is 7.78. The zero-order chi connectivity index (χ0) is 13.5. The van der Waals surface area contributed by atoms with E-state index in [1.165, 1.54) is 11.8 Å². The number of hydrogen-bond donors (Lipinski definition) is 2. The Balaban J connectivity index is 4.42. The van der Waals surface area contributed by atoms with Gasteiger partial charge < -0.3 is 10.4 Å². The molecule has 1 atom stereocenters. The first-order valence-corrected chi connectivity index (χ1v) is 8.19. The maximum Gasteiger partial charge on any atom is 0.327 e. The molecular weight excluding hydrogens is 266 g/mol. The van der Waals surface area contributed by atoms with Crippen molar-refractivity contribution in [3.63, 3.8) is 0 Å². The Kier molecular flexibility index (Phi) is 7.21. The number of amides is 1. The van der Waals surface area contributed by atoms with Gasteiger partial charge in [0.05, 0.1) is 11.5 Å². The van der Waals surface area contributed by atoms with E-state index in [1.54, 1.807) is 0 Å². The van der Waals surface area contributed by atoms with E-state index in [2.05, 4.69) is 5.32 Å². The van der Waals surface area contributed by atoms with Crippen LogP contribution in [0, 0.1) is 0 Å². The summed E-state index contributed by atoms with van der Waals surface area (Å²) in [5.41, 5.74) is 0. The highest BCUT2D eigenvalue weighted by atomic mass is 32.2. The summed E-state index contributed by atoms with van der Waals surface area (Å²) in [4.78, 5) is 21.5. The second-order valence-corrected chi connectivity index (χ2v) is 6.77. The molecule has 0 aromatic rings. The predicted molar refractivity (Wildman–Crippen MR) is 66.9 cm³/mol. The first kappa shape index (κ1) is 16.2. The molecule has 17 heavy (non-hydrogen) atoms. The van der Waals surface area contributed by atoms with Gasteiger partial charge in [0.15, 0.2) is 9.84 Å². The van der Waals surface area contributed by atoms with Crippen molar-refractivity contribution in [2.75, 3.05) is 23.5 Å². The molecule has 0 heterocycles. The molecule has 2 N–H and O–H groups in total. The van der Waals surface area contributed by atoms with Crippen molar-refractivity contribution in [2.24, 2.45) is 0 Å². The van der Waals surface area contributed by atoms with Crippen molar-refractivity contribution in [1.82, 2.24) is 5.32 Å². The largest absolute Gasteiger partial charge is 0.480 e. The number of carboxylic acid groups (broad SMARTS) is 1. The molecule has 100 valence electrons. The summed E-state index contributed by atoms with van der Waals surface area (Å²) < 4.78 is 23.2. The number of thioether (sulfide) groups is 1. The summed E-state index contributed by atoms with van der Waals surface area (Å²) in [6, 6.07) is -1.37. The number of hydrogen-bond acceptors (Lipinski definition) is 5. The standard InChI is InChI=1S/C9H17NO5S2/c1-7(11)10-8(9(12)13)6-17(14,15)5-3-4-16-2/h8H,3-6H2,1-2H3,(H,10,11)(H,12,13)/t8-/m0/s1. The van der Waals surface area contributed by atoms with E-state index in [-0.39, 0.29) is 5.75 Å². The van der Waals surface area contributed by atoms with Crippen molar-refractivity contribution in [3.05, 3.63) is 0 Å². The van der Waals surface area contributed by atoms with Crippen LogP contribution < -0.4 is 5.32 Å².